The summed E-state index contributed by atoms with van der Waals surface area (Å²) in [5.74, 6) is 0.811. The lowest BCUT2D eigenvalue weighted by atomic mass is 10.3. The number of hydrogen-bond acceptors (Lipinski definition) is 3. The van der Waals surface area contributed by atoms with Crippen molar-refractivity contribution in [2.45, 2.75) is 20.4 Å². The number of aliphatic imine (C=N–C) groups is 1. The SMILES string of the molecule is CN=C(C)n1c(=N)ccc2c1cc(C)n2Cc1ccccn1. The molecule has 0 bridgehead atoms. The van der Waals surface area contributed by atoms with E-state index in [4.69, 9.17) is 5.41 Å². The first-order valence-electron chi connectivity index (χ1n) is 7.22. The Morgan fingerprint density at radius 3 is 2.73 bits per heavy atom. The summed E-state index contributed by atoms with van der Waals surface area (Å²) in [6.45, 7) is 4.72. The number of pyridine rings is 2. The van der Waals surface area contributed by atoms with E-state index in [1.807, 2.05) is 48.0 Å². The Bertz CT molecular complexity index is 900. The quantitative estimate of drug-likeness (QED) is 0.573. The van der Waals surface area contributed by atoms with Gasteiger partial charge >= 0.3 is 0 Å². The molecule has 3 aromatic rings. The molecule has 1 N–H and O–H groups in total. The van der Waals surface area contributed by atoms with Crippen LogP contribution in [0.15, 0.2) is 47.6 Å². The topological polar surface area (TPSA) is 59.0 Å². The van der Waals surface area contributed by atoms with Crippen LogP contribution in [-0.4, -0.2) is 27.0 Å². The molecule has 112 valence electrons. The van der Waals surface area contributed by atoms with Gasteiger partial charge in [0.05, 0.1) is 23.3 Å². The van der Waals surface area contributed by atoms with Crippen molar-refractivity contribution in [1.82, 2.24) is 14.1 Å². The van der Waals surface area contributed by atoms with Crippen molar-refractivity contribution in [3.05, 3.63) is 59.5 Å². The maximum atomic E-state index is 8.15. The van der Waals surface area contributed by atoms with Crippen LogP contribution in [0.5, 0.6) is 0 Å². The van der Waals surface area contributed by atoms with Crippen LogP contribution in [0.25, 0.3) is 11.0 Å². The van der Waals surface area contributed by atoms with Gasteiger partial charge in [-0.25, -0.2) is 0 Å². The Kier molecular flexibility index (Phi) is 3.63. The van der Waals surface area contributed by atoms with Gasteiger partial charge in [-0.2, -0.15) is 0 Å². The molecule has 0 atom stereocenters. The van der Waals surface area contributed by atoms with E-state index in [-0.39, 0.29) is 0 Å². The largest absolute Gasteiger partial charge is 0.338 e. The molecule has 0 aliphatic rings. The Balaban J connectivity index is 2.21. The highest BCUT2D eigenvalue weighted by Crippen LogP contribution is 2.19. The summed E-state index contributed by atoms with van der Waals surface area (Å²) in [5, 5.41) is 8.15. The lowest BCUT2D eigenvalue weighted by Gasteiger charge is -2.10. The van der Waals surface area contributed by atoms with Crippen LogP contribution in [0, 0.1) is 12.3 Å². The van der Waals surface area contributed by atoms with E-state index in [1.54, 1.807) is 7.05 Å². The molecule has 0 saturated carbocycles. The fraction of sp³-hybridized carbons (Fsp3) is 0.235. The molecule has 0 aliphatic carbocycles. The highest BCUT2D eigenvalue weighted by atomic mass is 15.1. The van der Waals surface area contributed by atoms with E-state index in [2.05, 4.69) is 27.5 Å². The first-order chi connectivity index (χ1) is 10.6. The second-order valence-electron chi connectivity index (χ2n) is 5.29. The Morgan fingerprint density at radius 2 is 2.05 bits per heavy atom. The molecule has 0 aliphatic heterocycles. The zero-order chi connectivity index (χ0) is 15.7. The number of hydrogen-bond donors (Lipinski definition) is 1. The smallest absolute Gasteiger partial charge is 0.130 e. The van der Waals surface area contributed by atoms with Crippen LogP contribution in [0.4, 0.5) is 0 Å². The normalized spacial score (nSPS) is 12.0. The third-order valence-electron chi connectivity index (χ3n) is 3.90. The van der Waals surface area contributed by atoms with Gasteiger partial charge in [-0.1, -0.05) is 6.07 Å². The summed E-state index contributed by atoms with van der Waals surface area (Å²) in [4.78, 5) is 8.64. The van der Waals surface area contributed by atoms with Crippen molar-refractivity contribution in [2.75, 3.05) is 7.05 Å². The van der Waals surface area contributed by atoms with Crippen LogP contribution in [0.1, 0.15) is 18.3 Å². The second kappa shape index (κ2) is 5.60. The predicted molar refractivity (Wildman–Crippen MR) is 88.3 cm³/mol. The van der Waals surface area contributed by atoms with Crippen molar-refractivity contribution in [3.8, 4) is 0 Å². The average molecular weight is 293 g/mol. The molecular formula is C17H19N5. The van der Waals surface area contributed by atoms with Crippen LogP contribution >= 0.6 is 0 Å². The molecule has 0 aromatic carbocycles. The fourth-order valence-electron chi connectivity index (χ4n) is 2.71. The minimum atomic E-state index is 0.436. The minimum absolute atomic E-state index is 0.436. The number of aromatic nitrogens is 3. The van der Waals surface area contributed by atoms with E-state index < -0.39 is 0 Å². The van der Waals surface area contributed by atoms with Crippen molar-refractivity contribution in [2.24, 2.45) is 4.99 Å². The standard InChI is InChI=1S/C17H19N5/c1-12-10-16-15(7-8-17(18)22(16)13(2)19-3)21(12)11-14-6-4-5-9-20-14/h4-10,18H,11H2,1-3H3. The number of nitrogens with zero attached hydrogens (tertiary/aromatic N) is 4. The van der Waals surface area contributed by atoms with Gasteiger partial charge in [-0.05, 0) is 44.2 Å². The van der Waals surface area contributed by atoms with Gasteiger partial charge in [-0.3, -0.25) is 20.0 Å². The minimum Gasteiger partial charge on any atom is -0.338 e. The Hall–Kier alpha value is -2.69. The summed E-state index contributed by atoms with van der Waals surface area (Å²) in [7, 11) is 1.75. The molecule has 0 radical (unpaired) electrons. The third kappa shape index (κ3) is 2.35. The van der Waals surface area contributed by atoms with Crippen LogP contribution < -0.4 is 5.49 Å². The number of nitrogens with one attached hydrogen (secondary N) is 1. The van der Waals surface area contributed by atoms with E-state index in [0.717, 1.165) is 34.8 Å². The maximum absolute atomic E-state index is 8.15. The summed E-state index contributed by atoms with van der Waals surface area (Å²) < 4.78 is 4.09. The zero-order valence-electron chi connectivity index (χ0n) is 13.0. The predicted octanol–water partition coefficient (Wildman–Crippen LogP) is 2.57. The molecule has 22 heavy (non-hydrogen) atoms. The molecular weight excluding hydrogens is 274 g/mol. The second-order valence-corrected chi connectivity index (χ2v) is 5.29. The first kappa shape index (κ1) is 14.3. The van der Waals surface area contributed by atoms with Gasteiger partial charge in [0.25, 0.3) is 0 Å². The summed E-state index contributed by atoms with van der Waals surface area (Å²) in [5.41, 5.74) is 4.69. The summed E-state index contributed by atoms with van der Waals surface area (Å²) >= 11 is 0. The van der Waals surface area contributed by atoms with Gasteiger partial charge in [-0.15, -0.1) is 0 Å². The van der Waals surface area contributed by atoms with Gasteiger partial charge in [0, 0.05) is 18.9 Å². The van der Waals surface area contributed by atoms with Gasteiger partial charge in [0.15, 0.2) is 0 Å². The van der Waals surface area contributed by atoms with Gasteiger partial charge in [0.1, 0.15) is 11.3 Å². The van der Waals surface area contributed by atoms with Gasteiger partial charge < -0.3 is 4.57 Å². The highest BCUT2D eigenvalue weighted by molar-refractivity contribution is 5.92. The average Bonchev–Trinajstić information content (AvgIpc) is 2.83. The zero-order valence-corrected chi connectivity index (χ0v) is 13.0. The summed E-state index contributed by atoms with van der Waals surface area (Å²) in [6.07, 6.45) is 1.81. The number of rotatable bonds is 2. The van der Waals surface area contributed by atoms with E-state index in [1.165, 1.54) is 0 Å². The molecule has 0 amide bonds. The third-order valence-corrected chi connectivity index (χ3v) is 3.90. The molecule has 3 rings (SSSR count). The monoisotopic (exact) mass is 293 g/mol. The Labute approximate surface area is 129 Å². The van der Waals surface area contributed by atoms with Crippen LogP contribution in [-0.2, 0) is 6.54 Å². The molecule has 0 spiro atoms. The molecule has 3 aromatic heterocycles. The number of fused-ring (bicyclic) bond motifs is 1. The lowest BCUT2D eigenvalue weighted by Crippen LogP contribution is -2.24. The van der Waals surface area contributed by atoms with E-state index in [0.29, 0.717) is 5.49 Å². The first-order valence-corrected chi connectivity index (χ1v) is 7.22. The Morgan fingerprint density at radius 1 is 1.23 bits per heavy atom. The van der Waals surface area contributed by atoms with Crippen molar-refractivity contribution in [1.29, 1.82) is 5.41 Å². The molecule has 5 nitrogen and oxygen atoms in total. The van der Waals surface area contributed by atoms with Crippen molar-refractivity contribution < 1.29 is 0 Å². The lowest BCUT2D eigenvalue weighted by molar-refractivity contribution is 0.779. The molecule has 0 saturated heterocycles. The number of aryl methyl sites for hydroxylation is 1. The highest BCUT2D eigenvalue weighted by Gasteiger charge is 2.11. The maximum Gasteiger partial charge on any atom is 0.130 e. The molecule has 0 unspecified atom stereocenters. The van der Waals surface area contributed by atoms with E-state index >= 15 is 0 Å². The van der Waals surface area contributed by atoms with Crippen LogP contribution in [0.2, 0.25) is 0 Å². The van der Waals surface area contributed by atoms with Crippen molar-refractivity contribution >= 4 is 16.9 Å². The fourth-order valence-corrected chi connectivity index (χ4v) is 2.71. The van der Waals surface area contributed by atoms with Crippen LogP contribution in [0.3, 0.4) is 0 Å². The van der Waals surface area contributed by atoms with E-state index in [9.17, 15) is 0 Å². The summed E-state index contributed by atoms with van der Waals surface area (Å²) in [6, 6.07) is 11.9. The van der Waals surface area contributed by atoms with Gasteiger partial charge in [0.2, 0.25) is 0 Å². The molecule has 0 fully saturated rings. The van der Waals surface area contributed by atoms with Crippen molar-refractivity contribution in [3.63, 3.8) is 0 Å². The molecule has 5 heteroatoms. The molecule has 3 heterocycles.